The maximum absolute atomic E-state index is 11.9. The third-order valence-corrected chi connectivity index (χ3v) is 2.84. The van der Waals surface area contributed by atoms with Gasteiger partial charge in [0.25, 0.3) is 5.91 Å². The number of phenolic OH excluding ortho intramolecular Hbond substituents is 1. The van der Waals surface area contributed by atoms with E-state index >= 15 is 0 Å². The topological polar surface area (TPSA) is 75.3 Å². The summed E-state index contributed by atoms with van der Waals surface area (Å²) in [5.41, 5.74) is 7.32. The highest BCUT2D eigenvalue weighted by molar-refractivity contribution is 6.31. The number of hydrogen-bond acceptors (Lipinski definition) is 3. The van der Waals surface area contributed by atoms with Crippen molar-refractivity contribution in [3.63, 3.8) is 0 Å². The lowest BCUT2D eigenvalue weighted by atomic mass is 10.1. The van der Waals surface area contributed by atoms with Crippen LogP contribution in [0.3, 0.4) is 0 Å². The summed E-state index contributed by atoms with van der Waals surface area (Å²) in [4.78, 5) is 11.9. The van der Waals surface area contributed by atoms with Crippen LogP contribution in [0.2, 0.25) is 5.02 Å². The van der Waals surface area contributed by atoms with E-state index in [9.17, 15) is 9.90 Å². The van der Waals surface area contributed by atoms with Gasteiger partial charge in [0.2, 0.25) is 0 Å². The second kappa shape index (κ2) is 5.63. The predicted octanol–water partition coefficient (Wildman–Crippen LogP) is 2.56. The van der Waals surface area contributed by atoms with E-state index < -0.39 is 0 Å². The second-order valence-corrected chi connectivity index (χ2v) is 4.53. The maximum atomic E-state index is 11.9. The number of aromatic hydroxyl groups is 1. The number of hydrogen-bond donors (Lipinski definition) is 3. The number of nitrogen functional groups attached to an aromatic ring is 1. The summed E-state index contributed by atoms with van der Waals surface area (Å²) in [7, 11) is 0. The fourth-order valence-corrected chi connectivity index (χ4v) is 1.84. The van der Waals surface area contributed by atoms with Gasteiger partial charge >= 0.3 is 0 Å². The van der Waals surface area contributed by atoms with E-state index in [1.165, 1.54) is 18.2 Å². The van der Waals surface area contributed by atoms with E-state index in [4.69, 9.17) is 17.3 Å². The molecule has 0 bridgehead atoms. The molecule has 0 atom stereocenters. The van der Waals surface area contributed by atoms with Gasteiger partial charge in [-0.1, -0.05) is 23.7 Å². The SMILES string of the molecule is Nc1cccc(CNC(=O)c2cc(Cl)ccc2O)c1. The van der Waals surface area contributed by atoms with Crippen molar-refractivity contribution in [2.24, 2.45) is 0 Å². The monoisotopic (exact) mass is 276 g/mol. The van der Waals surface area contributed by atoms with Gasteiger partial charge in [0.1, 0.15) is 5.75 Å². The first-order valence-corrected chi connectivity index (χ1v) is 6.05. The van der Waals surface area contributed by atoms with Crippen LogP contribution in [0.4, 0.5) is 5.69 Å². The molecule has 0 saturated carbocycles. The van der Waals surface area contributed by atoms with Crippen LogP contribution in [-0.2, 0) is 6.54 Å². The lowest BCUT2D eigenvalue weighted by Gasteiger charge is -2.07. The van der Waals surface area contributed by atoms with Crippen LogP contribution in [0.1, 0.15) is 15.9 Å². The number of amides is 1. The van der Waals surface area contributed by atoms with Gasteiger partial charge in [0.05, 0.1) is 5.56 Å². The summed E-state index contributed by atoms with van der Waals surface area (Å²) in [6.45, 7) is 0.329. The molecule has 4 nitrogen and oxygen atoms in total. The average Bonchev–Trinajstić information content (AvgIpc) is 2.39. The van der Waals surface area contributed by atoms with Crippen molar-refractivity contribution in [1.82, 2.24) is 5.32 Å². The van der Waals surface area contributed by atoms with Gasteiger partial charge in [0, 0.05) is 17.3 Å². The lowest BCUT2D eigenvalue weighted by Crippen LogP contribution is -2.22. The molecule has 0 aromatic heterocycles. The number of rotatable bonds is 3. The number of carbonyl (C=O) groups is 1. The van der Waals surface area contributed by atoms with Gasteiger partial charge in [-0.2, -0.15) is 0 Å². The maximum Gasteiger partial charge on any atom is 0.255 e. The quantitative estimate of drug-likeness (QED) is 0.754. The van der Waals surface area contributed by atoms with Gasteiger partial charge < -0.3 is 16.2 Å². The smallest absolute Gasteiger partial charge is 0.255 e. The molecular weight excluding hydrogens is 264 g/mol. The number of anilines is 1. The first kappa shape index (κ1) is 13.2. The Morgan fingerprint density at radius 1 is 1.26 bits per heavy atom. The van der Waals surface area contributed by atoms with Crippen molar-refractivity contribution in [1.29, 1.82) is 0 Å². The highest BCUT2D eigenvalue weighted by Crippen LogP contribution is 2.21. The fraction of sp³-hybridized carbons (Fsp3) is 0.0714. The summed E-state index contributed by atoms with van der Waals surface area (Å²) in [5, 5.41) is 12.7. The normalized spacial score (nSPS) is 10.2. The van der Waals surface area contributed by atoms with Gasteiger partial charge in [-0.25, -0.2) is 0 Å². The predicted molar refractivity (Wildman–Crippen MR) is 75.1 cm³/mol. The summed E-state index contributed by atoms with van der Waals surface area (Å²) in [5.74, 6) is -0.489. The highest BCUT2D eigenvalue weighted by Gasteiger charge is 2.11. The number of nitrogens with one attached hydrogen (secondary N) is 1. The Hall–Kier alpha value is -2.20. The Morgan fingerprint density at radius 3 is 2.79 bits per heavy atom. The van der Waals surface area contributed by atoms with Crippen LogP contribution in [0, 0.1) is 0 Å². The average molecular weight is 277 g/mol. The Balaban J connectivity index is 2.07. The molecule has 98 valence electrons. The molecule has 0 fully saturated rings. The van der Waals surface area contributed by atoms with E-state index in [1.807, 2.05) is 12.1 Å². The van der Waals surface area contributed by atoms with Gasteiger partial charge in [-0.3, -0.25) is 4.79 Å². The fourth-order valence-electron chi connectivity index (χ4n) is 1.67. The van der Waals surface area contributed by atoms with Crippen molar-refractivity contribution in [2.75, 3.05) is 5.73 Å². The molecule has 2 aromatic rings. The summed E-state index contributed by atoms with van der Waals surface area (Å²) in [6.07, 6.45) is 0. The zero-order valence-corrected chi connectivity index (χ0v) is 10.8. The molecule has 2 aromatic carbocycles. The van der Waals surface area contributed by atoms with Crippen molar-refractivity contribution in [2.45, 2.75) is 6.54 Å². The third kappa shape index (κ3) is 3.39. The van der Waals surface area contributed by atoms with Crippen LogP contribution >= 0.6 is 11.6 Å². The zero-order valence-electron chi connectivity index (χ0n) is 10.1. The number of nitrogens with two attached hydrogens (primary N) is 1. The largest absolute Gasteiger partial charge is 0.507 e. The number of phenols is 1. The van der Waals surface area contributed by atoms with E-state index in [2.05, 4.69) is 5.32 Å². The molecule has 4 N–H and O–H groups in total. The molecule has 0 saturated heterocycles. The molecule has 2 rings (SSSR count). The summed E-state index contributed by atoms with van der Waals surface area (Å²) >= 11 is 5.79. The first-order chi connectivity index (χ1) is 9.06. The van der Waals surface area contributed by atoms with Crippen LogP contribution < -0.4 is 11.1 Å². The van der Waals surface area contributed by atoms with Crippen molar-refractivity contribution >= 4 is 23.2 Å². The molecule has 0 unspecified atom stereocenters. The molecule has 0 aliphatic heterocycles. The Bertz CT molecular complexity index is 614. The Morgan fingerprint density at radius 2 is 2.05 bits per heavy atom. The number of halogens is 1. The minimum atomic E-state index is -0.387. The molecule has 19 heavy (non-hydrogen) atoms. The van der Waals surface area contributed by atoms with Crippen LogP contribution in [0.15, 0.2) is 42.5 Å². The minimum absolute atomic E-state index is 0.102. The molecule has 0 radical (unpaired) electrons. The molecule has 5 heteroatoms. The minimum Gasteiger partial charge on any atom is -0.507 e. The summed E-state index contributed by atoms with van der Waals surface area (Å²) < 4.78 is 0. The van der Waals surface area contributed by atoms with Crippen molar-refractivity contribution < 1.29 is 9.90 Å². The van der Waals surface area contributed by atoms with Crippen LogP contribution in [-0.4, -0.2) is 11.0 Å². The van der Waals surface area contributed by atoms with Gasteiger partial charge in [-0.15, -0.1) is 0 Å². The number of carbonyl (C=O) groups excluding carboxylic acids is 1. The van der Waals surface area contributed by atoms with E-state index in [0.29, 0.717) is 17.3 Å². The standard InChI is InChI=1S/C14H13ClN2O2/c15-10-4-5-13(18)12(7-10)14(19)17-8-9-2-1-3-11(16)6-9/h1-7,18H,8,16H2,(H,17,19). The van der Waals surface area contributed by atoms with Crippen LogP contribution in [0.25, 0.3) is 0 Å². The first-order valence-electron chi connectivity index (χ1n) is 5.67. The Labute approximate surface area is 115 Å². The van der Waals surface area contributed by atoms with Gasteiger partial charge in [0.15, 0.2) is 0 Å². The molecule has 0 aliphatic rings. The Kier molecular flexibility index (Phi) is 3.92. The third-order valence-electron chi connectivity index (χ3n) is 2.61. The van der Waals surface area contributed by atoms with Crippen LogP contribution in [0.5, 0.6) is 5.75 Å². The van der Waals surface area contributed by atoms with E-state index in [0.717, 1.165) is 5.56 Å². The molecular formula is C14H13ClN2O2. The van der Waals surface area contributed by atoms with Crippen molar-refractivity contribution in [3.05, 3.63) is 58.6 Å². The molecule has 1 amide bonds. The molecule has 0 heterocycles. The number of benzene rings is 2. The highest BCUT2D eigenvalue weighted by atomic mass is 35.5. The van der Waals surface area contributed by atoms with E-state index in [1.54, 1.807) is 12.1 Å². The van der Waals surface area contributed by atoms with Gasteiger partial charge in [-0.05, 0) is 35.9 Å². The molecule has 0 spiro atoms. The molecule has 0 aliphatic carbocycles. The zero-order chi connectivity index (χ0) is 13.8. The van der Waals surface area contributed by atoms with Crippen molar-refractivity contribution in [3.8, 4) is 5.75 Å². The summed E-state index contributed by atoms with van der Waals surface area (Å²) in [6, 6.07) is 11.5. The lowest BCUT2D eigenvalue weighted by molar-refractivity contribution is 0.0948. The van der Waals surface area contributed by atoms with E-state index in [-0.39, 0.29) is 17.2 Å². The second-order valence-electron chi connectivity index (χ2n) is 4.09.